The van der Waals surface area contributed by atoms with Gasteiger partial charge in [-0.25, -0.2) is 0 Å². The zero-order chi connectivity index (χ0) is 16.8. The number of carbonyl (C=O) groups excluding carboxylic acids is 1. The molecule has 1 aliphatic rings. The molecule has 25 heavy (non-hydrogen) atoms. The van der Waals surface area contributed by atoms with Gasteiger partial charge in [-0.1, -0.05) is 18.2 Å². The SMILES string of the molecule is O=C1C[C@@H](c2ccco2)c2c(ccc3nn(-c4ccccc4)nc23)N1. The highest BCUT2D eigenvalue weighted by molar-refractivity contribution is 5.99. The molecule has 122 valence electrons. The molecule has 0 radical (unpaired) electrons. The second kappa shape index (κ2) is 5.31. The van der Waals surface area contributed by atoms with E-state index in [-0.39, 0.29) is 11.8 Å². The molecule has 4 aromatic rings. The molecule has 0 saturated carbocycles. The van der Waals surface area contributed by atoms with Gasteiger partial charge in [0, 0.05) is 17.7 Å². The molecular weight excluding hydrogens is 316 g/mol. The van der Waals surface area contributed by atoms with Gasteiger partial charge in [-0.2, -0.15) is 4.80 Å². The van der Waals surface area contributed by atoms with E-state index in [1.54, 1.807) is 11.1 Å². The van der Waals surface area contributed by atoms with Crippen molar-refractivity contribution in [2.45, 2.75) is 12.3 Å². The lowest BCUT2D eigenvalue weighted by molar-refractivity contribution is -0.116. The fourth-order valence-corrected chi connectivity index (χ4v) is 3.36. The highest BCUT2D eigenvalue weighted by Gasteiger charge is 2.31. The van der Waals surface area contributed by atoms with Crippen LogP contribution in [0.5, 0.6) is 0 Å². The summed E-state index contributed by atoms with van der Waals surface area (Å²) in [6.07, 6.45) is 1.96. The van der Waals surface area contributed by atoms with Crippen LogP contribution in [-0.2, 0) is 4.79 Å². The number of rotatable bonds is 2. The fourth-order valence-electron chi connectivity index (χ4n) is 3.36. The second-order valence-corrected chi connectivity index (χ2v) is 6.04. The Morgan fingerprint density at radius 1 is 1.04 bits per heavy atom. The summed E-state index contributed by atoms with van der Waals surface area (Å²) in [4.78, 5) is 13.7. The van der Waals surface area contributed by atoms with Crippen molar-refractivity contribution < 1.29 is 9.21 Å². The normalized spacial score (nSPS) is 16.6. The molecule has 1 amide bonds. The zero-order valence-corrected chi connectivity index (χ0v) is 13.2. The Hall–Kier alpha value is -3.41. The van der Waals surface area contributed by atoms with E-state index in [1.807, 2.05) is 54.6 Å². The predicted octanol–water partition coefficient (Wildman–Crippen LogP) is 3.49. The number of nitrogens with one attached hydrogen (secondary N) is 1. The monoisotopic (exact) mass is 330 g/mol. The molecule has 0 bridgehead atoms. The minimum absolute atomic E-state index is 0.0244. The van der Waals surface area contributed by atoms with Crippen LogP contribution in [0.15, 0.2) is 65.3 Å². The van der Waals surface area contributed by atoms with Gasteiger partial charge in [-0.05, 0) is 36.4 Å². The molecule has 6 heteroatoms. The van der Waals surface area contributed by atoms with E-state index >= 15 is 0 Å². The van der Waals surface area contributed by atoms with Crippen LogP contribution in [0.4, 0.5) is 5.69 Å². The van der Waals surface area contributed by atoms with Crippen molar-refractivity contribution in [2.75, 3.05) is 5.32 Å². The predicted molar refractivity (Wildman–Crippen MR) is 92.7 cm³/mol. The van der Waals surface area contributed by atoms with Gasteiger partial charge in [0.15, 0.2) is 0 Å². The summed E-state index contributed by atoms with van der Waals surface area (Å²) >= 11 is 0. The van der Waals surface area contributed by atoms with E-state index in [0.717, 1.165) is 33.7 Å². The molecule has 0 unspecified atom stereocenters. The largest absolute Gasteiger partial charge is 0.469 e. The summed E-state index contributed by atoms with van der Waals surface area (Å²) in [5, 5.41) is 12.2. The second-order valence-electron chi connectivity index (χ2n) is 6.04. The van der Waals surface area contributed by atoms with Gasteiger partial charge in [0.25, 0.3) is 0 Å². The highest BCUT2D eigenvalue weighted by atomic mass is 16.3. The first-order valence-corrected chi connectivity index (χ1v) is 8.08. The van der Waals surface area contributed by atoms with Crippen LogP contribution in [0.3, 0.4) is 0 Å². The van der Waals surface area contributed by atoms with Gasteiger partial charge in [-0.3, -0.25) is 4.79 Å². The molecule has 1 atom stereocenters. The first kappa shape index (κ1) is 14.0. The molecule has 0 saturated heterocycles. The van der Waals surface area contributed by atoms with Crippen LogP contribution in [0, 0.1) is 0 Å². The van der Waals surface area contributed by atoms with Gasteiger partial charge in [0.05, 0.1) is 17.9 Å². The lowest BCUT2D eigenvalue weighted by atomic mass is 9.87. The van der Waals surface area contributed by atoms with E-state index in [0.29, 0.717) is 6.42 Å². The maximum Gasteiger partial charge on any atom is 0.225 e. The van der Waals surface area contributed by atoms with Crippen LogP contribution < -0.4 is 5.32 Å². The molecule has 6 nitrogen and oxygen atoms in total. The number of nitrogens with zero attached hydrogens (tertiary/aromatic N) is 3. The lowest BCUT2D eigenvalue weighted by Gasteiger charge is -2.24. The number of amides is 1. The summed E-state index contributed by atoms with van der Waals surface area (Å²) in [6, 6.07) is 17.3. The maximum absolute atomic E-state index is 12.1. The molecule has 3 heterocycles. The molecule has 1 N–H and O–H groups in total. The Morgan fingerprint density at radius 2 is 1.92 bits per heavy atom. The number of carbonyl (C=O) groups is 1. The number of hydrogen-bond acceptors (Lipinski definition) is 4. The molecule has 1 aliphatic heterocycles. The smallest absolute Gasteiger partial charge is 0.225 e. The van der Waals surface area contributed by atoms with Crippen LogP contribution >= 0.6 is 0 Å². The number of hydrogen-bond donors (Lipinski definition) is 1. The molecule has 0 aliphatic carbocycles. The summed E-state index contributed by atoms with van der Waals surface area (Å²) in [7, 11) is 0. The number of fused-ring (bicyclic) bond motifs is 3. The van der Waals surface area contributed by atoms with Crippen molar-refractivity contribution >= 4 is 22.6 Å². The average molecular weight is 330 g/mol. The van der Waals surface area contributed by atoms with Crippen LogP contribution in [0.1, 0.15) is 23.7 Å². The van der Waals surface area contributed by atoms with E-state index in [9.17, 15) is 4.79 Å². The molecule has 2 aromatic carbocycles. The third-order valence-electron chi connectivity index (χ3n) is 4.48. The van der Waals surface area contributed by atoms with Crippen molar-refractivity contribution in [3.8, 4) is 5.69 Å². The number of aromatic nitrogens is 3. The third-order valence-corrected chi connectivity index (χ3v) is 4.48. The minimum atomic E-state index is -0.164. The molecule has 5 rings (SSSR count). The van der Waals surface area contributed by atoms with E-state index in [1.165, 1.54) is 0 Å². The van der Waals surface area contributed by atoms with Gasteiger partial charge >= 0.3 is 0 Å². The molecular formula is C19H14N4O2. The van der Waals surface area contributed by atoms with E-state index in [4.69, 9.17) is 9.52 Å². The van der Waals surface area contributed by atoms with Crippen molar-refractivity contribution in [3.63, 3.8) is 0 Å². The highest BCUT2D eigenvalue weighted by Crippen LogP contribution is 2.40. The van der Waals surface area contributed by atoms with E-state index in [2.05, 4.69) is 10.4 Å². The fraction of sp³-hybridized carbons (Fsp3) is 0.105. The first-order valence-electron chi connectivity index (χ1n) is 8.08. The summed E-state index contributed by atoms with van der Waals surface area (Å²) in [5.74, 6) is 0.574. The van der Waals surface area contributed by atoms with Crippen molar-refractivity contribution in [2.24, 2.45) is 0 Å². The van der Waals surface area contributed by atoms with Crippen molar-refractivity contribution in [1.29, 1.82) is 0 Å². The Bertz CT molecular complexity index is 1070. The Labute approximate surface area is 143 Å². The Kier molecular flexibility index (Phi) is 2.97. The summed E-state index contributed by atoms with van der Waals surface area (Å²) in [5.41, 5.74) is 4.18. The van der Waals surface area contributed by atoms with E-state index < -0.39 is 0 Å². The van der Waals surface area contributed by atoms with Gasteiger partial charge in [0.2, 0.25) is 5.91 Å². The van der Waals surface area contributed by atoms with Gasteiger partial charge in [-0.15, -0.1) is 10.2 Å². The zero-order valence-electron chi connectivity index (χ0n) is 13.2. The third kappa shape index (κ3) is 2.22. The quantitative estimate of drug-likeness (QED) is 0.610. The Morgan fingerprint density at radius 3 is 2.72 bits per heavy atom. The maximum atomic E-state index is 12.1. The molecule has 0 spiro atoms. The summed E-state index contributed by atoms with van der Waals surface area (Å²) < 4.78 is 5.58. The molecule has 2 aromatic heterocycles. The topological polar surface area (TPSA) is 73.0 Å². The average Bonchev–Trinajstić information content (AvgIpc) is 3.31. The van der Waals surface area contributed by atoms with Gasteiger partial charge < -0.3 is 9.73 Å². The number of para-hydroxylation sites is 1. The minimum Gasteiger partial charge on any atom is -0.469 e. The molecule has 0 fully saturated rings. The van der Waals surface area contributed by atoms with Crippen LogP contribution in [0.2, 0.25) is 0 Å². The van der Waals surface area contributed by atoms with Crippen molar-refractivity contribution in [3.05, 3.63) is 72.2 Å². The standard InChI is InChI=1S/C19H14N4O2/c24-17-11-13(16-7-4-10-25-16)18-14(20-17)8-9-15-19(18)22-23(21-15)12-5-2-1-3-6-12/h1-10,13H,11H2,(H,20,24)/t13-/m0/s1. The number of furan rings is 1. The van der Waals surface area contributed by atoms with Crippen molar-refractivity contribution in [1.82, 2.24) is 15.0 Å². The lowest BCUT2D eigenvalue weighted by Crippen LogP contribution is -2.23. The Balaban J connectivity index is 1.74. The van der Waals surface area contributed by atoms with Crippen LogP contribution in [0.25, 0.3) is 16.7 Å². The summed E-state index contributed by atoms with van der Waals surface area (Å²) in [6.45, 7) is 0. The number of benzene rings is 2. The van der Waals surface area contributed by atoms with Gasteiger partial charge in [0.1, 0.15) is 16.8 Å². The number of anilines is 1. The van der Waals surface area contributed by atoms with Crippen LogP contribution in [-0.4, -0.2) is 20.9 Å². The first-order chi connectivity index (χ1) is 12.3.